The number of allylic oxidation sites excluding steroid dienone is 2. The van der Waals surface area contributed by atoms with Crippen molar-refractivity contribution in [1.82, 2.24) is 0 Å². The summed E-state index contributed by atoms with van der Waals surface area (Å²) >= 11 is 0. The normalized spacial score (nSPS) is 48.4. The first-order valence-electron chi connectivity index (χ1n) is 5.12. The predicted molar refractivity (Wildman–Crippen MR) is 51.1 cm³/mol. The molecule has 0 amide bonds. The van der Waals surface area contributed by atoms with Crippen molar-refractivity contribution in [2.24, 2.45) is 23.2 Å². The minimum atomic E-state index is -0.0770. The highest BCUT2D eigenvalue weighted by Gasteiger charge is 2.48. The molecule has 3 aliphatic carbocycles. The summed E-state index contributed by atoms with van der Waals surface area (Å²) in [7, 11) is 0. The monoisotopic (exact) mass is 182 g/mol. The van der Waals surface area contributed by atoms with Crippen molar-refractivity contribution >= 4 is 0 Å². The van der Waals surface area contributed by atoms with E-state index in [2.05, 4.69) is 19.1 Å². The van der Waals surface area contributed by atoms with E-state index >= 15 is 0 Å². The highest BCUT2D eigenvalue weighted by molar-refractivity contribution is 5.13. The molecule has 0 aromatic carbocycles. The fourth-order valence-corrected chi connectivity index (χ4v) is 3.07. The van der Waals surface area contributed by atoms with Gasteiger partial charge in [-0.15, -0.1) is 0 Å². The van der Waals surface area contributed by atoms with Gasteiger partial charge in [0.05, 0.1) is 0 Å². The number of hydrogen-bond acceptors (Lipinski definition) is 2. The second-order valence-corrected chi connectivity index (χ2v) is 4.69. The van der Waals surface area contributed by atoms with Gasteiger partial charge in [-0.05, 0) is 30.6 Å². The zero-order chi connectivity index (χ0) is 9.47. The van der Waals surface area contributed by atoms with Crippen molar-refractivity contribution in [2.75, 3.05) is 13.2 Å². The third-order valence-electron chi connectivity index (χ3n) is 4.15. The van der Waals surface area contributed by atoms with Crippen LogP contribution in [0.5, 0.6) is 0 Å². The van der Waals surface area contributed by atoms with E-state index in [1.807, 2.05) is 0 Å². The van der Waals surface area contributed by atoms with Gasteiger partial charge >= 0.3 is 0 Å². The molecule has 3 aliphatic rings. The predicted octanol–water partition coefficient (Wildman–Crippen LogP) is 1.19. The molecule has 0 aromatic rings. The number of aliphatic hydroxyl groups is 2. The first kappa shape index (κ1) is 9.22. The first-order chi connectivity index (χ1) is 6.22. The molecule has 3 rings (SSSR count). The van der Waals surface area contributed by atoms with E-state index in [1.54, 1.807) is 0 Å². The third kappa shape index (κ3) is 1.16. The Bertz CT molecular complexity index is 224. The van der Waals surface area contributed by atoms with Crippen LogP contribution in [0.1, 0.15) is 19.8 Å². The van der Waals surface area contributed by atoms with Crippen LogP contribution >= 0.6 is 0 Å². The average molecular weight is 182 g/mol. The van der Waals surface area contributed by atoms with E-state index in [4.69, 9.17) is 0 Å². The lowest BCUT2D eigenvalue weighted by Gasteiger charge is -2.51. The van der Waals surface area contributed by atoms with E-state index in [9.17, 15) is 10.2 Å². The molecule has 0 heterocycles. The molecular formula is C11H18O2. The summed E-state index contributed by atoms with van der Waals surface area (Å²) in [6.45, 7) is 2.51. The Kier molecular flexibility index (Phi) is 2.20. The summed E-state index contributed by atoms with van der Waals surface area (Å²) < 4.78 is 0. The lowest BCUT2D eigenvalue weighted by Crippen LogP contribution is -2.49. The maximum atomic E-state index is 9.43. The maximum Gasteiger partial charge on any atom is 0.0494 e. The van der Waals surface area contributed by atoms with Gasteiger partial charge in [0.1, 0.15) is 0 Å². The number of rotatable bonds is 2. The summed E-state index contributed by atoms with van der Waals surface area (Å²) in [6, 6.07) is 0. The van der Waals surface area contributed by atoms with Crippen molar-refractivity contribution in [1.29, 1.82) is 0 Å². The molecule has 0 saturated heterocycles. The van der Waals surface area contributed by atoms with Crippen molar-refractivity contribution in [3.8, 4) is 0 Å². The Hall–Kier alpha value is -0.340. The van der Waals surface area contributed by atoms with E-state index in [1.165, 1.54) is 12.8 Å². The molecule has 2 N–H and O–H groups in total. The summed E-state index contributed by atoms with van der Waals surface area (Å²) in [5, 5.41) is 18.8. The maximum absolute atomic E-state index is 9.43. The Balaban J connectivity index is 2.31. The molecule has 13 heavy (non-hydrogen) atoms. The van der Waals surface area contributed by atoms with E-state index < -0.39 is 0 Å². The average Bonchev–Trinajstić information content (AvgIpc) is 2.19. The summed E-state index contributed by atoms with van der Waals surface area (Å²) in [4.78, 5) is 0. The molecule has 2 bridgehead atoms. The van der Waals surface area contributed by atoms with Crippen LogP contribution in [-0.2, 0) is 0 Å². The SMILES string of the molecule is CC1(CO)C2C=CC(CC2)C1CO. The highest BCUT2D eigenvalue weighted by Crippen LogP contribution is 2.52. The van der Waals surface area contributed by atoms with Crippen molar-refractivity contribution in [3.05, 3.63) is 12.2 Å². The quantitative estimate of drug-likeness (QED) is 0.630. The second kappa shape index (κ2) is 3.10. The summed E-state index contributed by atoms with van der Waals surface area (Å²) in [6.07, 6.45) is 6.82. The van der Waals surface area contributed by atoms with Gasteiger partial charge in [0.25, 0.3) is 0 Å². The minimum absolute atomic E-state index is 0.0770. The van der Waals surface area contributed by atoms with Gasteiger partial charge in [-0.3, -0.25) is 0 Å². The van der Waals surface area contributed by atoms with Gasteiger partial charge in [-0.1, -0.05) is 19.1 Å². The Morgan fingerprint density at radius 1 is 1.31 bits per heavy atom. The number of hydrogen-bond donors (Lipinski definition) is 2. The minimum Gasteiger partial charge on any atom is -0.396 e. The van der Waals surface area contributed by atoms with Gasteiger partial charge < -0.3 is 10.2 Å². The number of aliphatic hydroxyl groups excluding tert-OH is 2. The van der Waals surface area contributed by atoms with Gasteiger partial charge in [0.2, 0.25) is 0 Å². The molecule has 0 radical (unpaired) electrons. The van der Waals surface area contributed by atoms with Crippen LogP contribution < -0.4 is 0 Å². The Morgan fingerprint density at radius 3 is 2.46 bits per heavy atom. The van der Waals surface area contributed by atoms with Crippen LogP contribution in [0.15, 0.2) is 12.2 Å². The zero-order valence-electron chi connectivity index (χ0n) is 8.11. The first-order valence-corrected chi connectivity index (χ1v) is 5.12. The van der Waals surface area contributed by atoms with Crippen LogP contribution in [0.2, 0.25) is 0 Å². The molecule has 2 nitrogen and oxygen atoms in total. The molecule has 74 valence electrons. The largest absolute Gasteiger partial charge is 0.396 e. The van der Waals surface area contributed by atoms with Gasteiger partial charge in [-0.2, -0.15) is 0 Å². The molecule has 4 atom stereocenters. The molecule has 4 unspecified atom stereocenters. The fraction of sp³-hybridized carbons (Fsp3) is 0.818. The van der Waals surface area contributed by atoms with Crippen LogP contribution in [-0.4, -0.2) is 23.4 Å². The topological polar surface area (TPSA) is 40.5 Å². The Labute approximate surface area is 79.3 Å². The number of fused-ring (bicyclic) bond motifs is 2. The van der Waals surface area contributed by atoms with Crippen LogP contribution in [0.25, 0.3) is 0 Å². The fourth-order valence-electron chi connectivity index (χ4n) is 3.07. The van der Waals surface area contributed by atoms with Gasteiger partial charge in [-0.25, -0.2) is 0 Å². The lowest BCUT2D eigenvalue weighted by molar-refractivity contribution is -0.0506. The molecule has 0 aromatic heterocycles. The summed E-state index contributed by atoms with van der Waals surface area (Å²) in [5.74, 6) is 1.23. The second-order valence-electron chi connectivity index (χ2n) is 4.69. The lowest BCUT2D eigenvalue weighted by atomic mass is 9.54. The van der Waals surface area contributed by atoms with E-state index in [0.29, 0.717) is 11.8 Å². The zero-order valence-corrected chi connectivity index (χ0v) is 8.11. The molecule has 0 aliphatic heterocycles. The molecular weight excluding hydrogens is 164 g/mol. The smallest absolute Gasteiger partial charge is 0.0494 e. The van der Waals surface area contributed by atoms with Crippen molar-refractivity contribution in [3.63, 3.8) is 0 Å². The van der Waals surface area contributed by atoms with E-state index in [-0.39, 0.29) is 24.5 Å². The Morgan fingerprint density at radius 2 is 2.08 bits per heavy atom. The van der Waals surface area contributed by atoms with Gasteiger partial charge in [0.15, 0.2) is 0 Å². The van der Waals surface area contributed by atoms with Crippen LogP contribution in [0.3, 0.4) is 0 Å². The van der Waals surface area contributed by atoms with Crippen LogP contribution in [0.4, 0.5) is 0 Å². The van der Waals surface area contributed by atoms with Crippen molar-refractivity contribution < 1.29 is 10.2 Å². The van der Waals surface area contributed by atoms with Crippen molar-refractivity contribution in [2.45, 2.75) is 19.8 Å². The highest BCUT2D eigenvalue weighted by atomic mass is 16.3. The molecule has 1 saturated carbocycles. The van der Waals surface area contributed by atoms with Crippen LogP contribution in [0, 0.1) is 23.2 Å². The molecule has 1 fully saturated rings. The third-order valence-corrected chi connectivity index (χ3v) is 4.15. The molecule has 2 heteroatoms. The molecule has 0 spiro atoms. The summed E-state index contributed by atoms with van der Waals surface area (Å²) in [5.41, 5.74) is -0.0770. The standard InChI is InChI=1S/C11H18O2/c1-11(7-13)9-4-2-8(3-5-9)10(11)6-12/h2,4,8-10,12-13H,3,5-7H2,1H3. The van der Waals surface area contributed by atoms with Gasteiger partial charge in [0, 0.05) is 18.6 Å². The van der Waals surface area contributed by atoms with E-state index in [0.717, 1.165) is 0 Å².